The van der Waals surface area contributed by atoms with Crippen molar-refractivity contribution < 1.29 is 4.79 Å². The van der Waals surface area contributed by atoms with Crippen molar-refractivity contribution >= 4 is 11.7 Å². The zero-order valence-electron chi connectivity index (χ0n) is 11.1. The molecule has 0 aliphatic heterocycles. The Morgan fingerprint density at radius 2 is 2.21 bits per heavy atom. The highest BCUT2D eigenvalue weighted by Crippen LogP contribution is 2.29. The molecule has 5 nitrogen and oxygen atoms in total. The van der Waals surface area contributed by atoms with E-state index in [0.29, 0.717) is 11.4 Å². The van der Waals surface area contributed by atoms with Crippen LogP contribution < -0.4 is 10.6 Å². The Morgan fingerprint density at radius 3 is 2.79 bits per heavy atom. The molecular formula is C14H18N4O. The summed E-state index contributed by atoms with van der Waals surface area (Å²) < 4.78 is 0. The average molecular weight is 258 g/mol. The number of nitriles is 1. The number of hydrogen-bond donors (Lipinski definition) is 1. The molecule has 1 aliphatic rings. The number of primary amides is 1. The molecule has 100 valence electrons. The molecule has 1 aromatic heterocycles. The predicted octanol–water partition coefficient (Wildman–Crippen LogP) is 1.50. The summed E-state index contributed by atoms with van der Waals surface area (Å²) in [7, 11) is 0. The molecule has 2 rings (SSSR count). The molecule has 0 aromatic carbocycles. The van der Waals surface area contributed by atoms with E-state index in [0.717, 1.165) is 31.4 Å². The molecule has 5 heteroatoms. The van der Waals surface area contributed by atoms with Crippen LogP contribution >= 0.6 is 0 Å². The van der Waals surface area contributed by atoms with Crippen LogP contribution in [0, 0.1) is 18.3 Å². The molecule has 0 atom stereocenters. The van der Waals surface area contributed by atoms with Crippen LogP contribution in [0.5, 0.6) is 0 Å². The maximum Gasteiger partial charge on any atom is 0.237 e. The molecule has 1 amide bonds. The second kappa shape index (κ2) is 5.70. The van der Waals surface area contributed by atoms with Crippen LogP contribution in [-0.2, 0) is 4.79 Å². The summed E-state index contributed by atoms with van der Waals surface area (Å²) in [6.45, 7) is 2.00. The third-order valence-electron chi connectivity index (χ3n) is 3.50. The first-order chi connectivity index (χ1) is 9.11. The maximum atomic E-state index is 11.3. The van der Waals surface area contributed by atoms with Crippen molar-refractivity contribution in [2.45, 2.75) is 38.6 Å². The topological polar surface area (TPSA) is 83.0 Å². The van der Waals surface area contributed by atoms with Gasteiger partial charge in [0.1, 0.15) is 11.9 Å². The van der Waals surface area contributed by atoms with Crippen molar-refractivity contribution in [2.24, 2.45) is 5.73 Å². The first kappa shape index (κ1) is 13.3. The van der Waals surface area contributed by atoms with Crippen LogP contribution in [0.1, 0.15) is 36.9 Å². The van der Waals surface area contributed by atoms with Crippen molar-refractivity contribution in [1.29, 1.82) is 5.26 Å². The monoisotopic (exact) mass is 258 g/mol. The first-order valence-corrected chi connectivity index (χ1v) is 6.54. The zero-order chi connectivity index (χ0) is 13.8. The van der Waals surface area contributed by atoms with Crippen LogP contribution in [0.3, 0.4) is 0 Å². The standard InChI is InChI=1S/C14H18N4O/c1-10-6-7-11(8-15)14(17-10)18(9-13(16)19)12-4-2-3-5-12/h6-7,12H,2-5,9H2,1H3,(H2,16,19). The number of anilines is 1. The van der Waals surface area contributed by atoms with E-state index < -0.39 is 0 Å². The van der Waals surface area contributed by atoms with Gasteiger partial charge in [-0.3, -0.25) is 4.79 Å². The van der Waals surface area contributed by atoms with Gasteiger partial charge in [0.25, 0.3) is 0 Å². The molecule has 1 aromatic rings. The van der Waals surface area contributed by atoms with Gasteiger partial charge in [0.05, 0.1) is 12.1 Å². The normalized spacial score (nSPS) is 15.2. The number of amides is 1. The smallest absolute Gasteiger partial charge is 0.237 e. The van der Waals surface area contributed by atoms with E-state index in [4.69, 9.17) is 5.73 Å². The van der Waals surface area contributed by atoms with Gasteiger partial charge in [0.2, 0.25) is 5.91 Å². The summed E-state index contributed by atoms with van der Waals surface area (Å²) in [4.78, 5) is 17.6. The quantitative estimate of drug-likeness (QED) is 0.887. The molecule has 1 heterocycles. The lowest BCUT2D eigenvalue weighted by Gasteiger charge is -2.29. The van der Waals surface area contributed by atoms with E-state index in [2.05, 4.69) is 11.1 Å². The minimum atomic E-state index is -0.390. The second-order valence-electron chi connectivity index (χ2n) is 4.97. The van der Waals surface area contributed by atoms with Gasteiger partial charge in [0, 0.05) is 11.7 Å². The first-order valence-electron chi connectivity index (χ1n) is 6.54. The van der Waals surface area contributed by atoms with Gasteiger partial charge in [-0.2, -0.15) is 5.26 Å². The molecule has 19 heavy (non-hydrogen) atoms. The van der Waals surface area contributed by atoms with Crippen molar-refractivity contribution in [3.05, 3.63) is 23.4 Å². The highest BCUT2D eigenvalue weighted by Gasteiger charge is 2.26. The van der Waals surface area contributed by atoms with E-state index in [1.54, 1.807) is 12.1 Å². The minimum Gasteiger partial charge on any atom is -0.368 e. The number of pyridine rings is 1. The van der Waals surface area contributed by atoms with Gasteiger partial charge < -0.3 is 10.6 Å². The SMILES string of the molecule is Cc1ccc(C#N)c(N(CC(N)=O)C2CCCC2)n1. The van der Waals surface area contributed by atoms with Gasteiger partial charge in [-0.05, 0) is 31.9 Å². The van der Waals surface area contributed by atoms with Crippen LogP contribution in [-0.4, -0.2) is 23.5 Å². The number of rotatable bonds is 4. The highest BCUT2D eigenvalue weighted by molar-refractivity contribution is 5.80. The lowest BCUT2D eigenvalue weighted by Crippen LogP contribution is -2.41. The van der Waals surface area contributed by atoms with E-state index in [9.17, 15) is 10.1 Å². The number of carbonyl (C=O) groups excluding carboxylic acids is 1. The molecule has 0 bridgehead atoms. The highest BCUT2D eigenvalue weighted by atomic mass is 16.1. The fraction of sp³-hybridized carbons (Fsp3) is 0.500. The molecule has 0 spiro atoms. The lowest BCUT2D eigenvalue weighted by molar-refractivity contribution is -0.116. The molecule has 1 saturated carbocycles. The maximum absolute atomic E-state index is 11.3. The van der Waals surface area contributed by atoms with Gasteiger partial charge >= 0.3 is 0 Å². The third-order valence-corrected chi connectivity index (χ3v) is 3.50. The van der Waals surface area contributed by atoms with Crippen LogP contribution in [0.25, 0.3) is 0 Å². The average Bonchev–Trinajstić information content (AvgIpc) is 2.89. The van der Waals surface area contributed by atoms with Crippen LogP contribution in [0.15, 0.2) is 12.1 Å². The predicted molar refractivity (Wildman–Crippen MR) is 72.5 cm³/mol. The number of nitrogens with zero attached hydrogens (tertiary/aromatic N) is 3. The van der Waals surface area contributed by atoms with Gasteiger partial charge in [-0.25, -0.2) is 4.98 Å². The number of nitrogens with two attached hydrogens (primary N) is 1. The number of aromatic nitrogens is 1. The fourth-order valence-corrected chi connectivity index (χ4v) is 2.61. The Morgan fingerprint density at radius 1 is 1.53 bits per heavy atom. The summed E-state index contributed by atoms with van der Waals surface area (Å²) in [5.41, 5.74) is 6.67. The minimum absolute atomic E-state index is 0.121. The summed E-state index contributed by atoms with van der Waals surface area (Å²) in [6, 6.07) is 5.96. The molecular weight excluding hydrogens is 240 g/mol. The zero-order valence-corrected chi connectivity index (χ0v) is 11.1. The van der Waals surface area contributed by atoms with Gasteiger partial charge in [0.15, 0.2) is 0 Å². The van der Waals surface area contributed by atoms with E-state index in [1.807, 2.05) is 11.8 Å². The van der Waals surface area contributed by atoms with E-state index in [-0.39, 0.29) is 18.5 Å². The summed E-state index contributed by atoms with van der Waals surface area (Å²) in [5, 5.41) is 9.20. The van der Waals surface area contributed by atoms with Crippen molar-refractivity contribution in [2.75, 3.05) is 11.4 Å². The molecule has 0 saturated heterocycles. The van der Waals surface area contributed by atoms with Crippen molar-refractivity contribution in [3.8, 4) is 6.07 Å². The largest absolute Gasteiger partial charge is 0.368 e. The van der Waals surface area contributed by atoms with Gasteiger partial charge in [-0.1, -0.05) is 12.8 Å². The molecule has 2 N–H and O–H groups in total. The Balaban J connectivity index is 2.39. The van der Waals surface area contributed by atoms with Crippen molar-refractivity contribution in [1.82, 2.24) is 4.98 Å². The van der Waals surface area contributed by atoms with E-state index >= 15 is 0 Å². The van der Waals surface area contributed by atoms with Gasteiger partial charge in [-0.15, -0.1) is 0 Å². The summed E-state index contributed by atoms with van der Waals surface area (Å²) in [6.07, 6.45) is 4.34. The van der Waals surface area contributed by atoms with Crippen LogP contribution in [0.4, 0.5) is 5.82 Å². The summed E-state index contributed by atoms with van der Waals surface area (Å²) in [5.74, 6) is 0.201. The number of aryl methyl sites for hydroxylation is 1. The third kappa shape index (κ3) is 3.02. The Bertz CT molecular complexity index is 515. The Labute approximate surface area is 113 Å². The van der Waals surface area contributed by atoms with Crippen LogP contribution in [0.2, 0.25) is 0 Å². The second-order valence-corrected chi connectivity index (χ2v) is 4.97. The Hall–Kier alpha value is -2.09. The molecule has 1 aliphatic carbocycles. The number of carbonyl (C=O) groups is 1. The van der Waals surface area contributed by atoms with Crippen molar-refractivity contribution in [3.63, 3.8) is 0 Å². The Kier molecular flexibility index (Phi) is 4.00. The van der Waals surface area contributed by atoms with E-state index in [1.165, 1.54) is 0 Å². The molecule has 1 fully saturated rings. The lowest BCUT2D eigenvalue weighted by atomic mass is 10.1. The summed E-state index contributed by atoms with van der Waals surface area (Å²) >= 11 is 0. The fourth-order valence-electron chi connectivity index (χ4n) is 2.61. The number of hydrogen-bond acceptors (Lipinski definition) is 4. The molecule has 0 unspecified atom stereocenters. The molecule has 0 radical (unpaired) electrons.